The molecular weight excluding hydrogens is 266 g/mol. The molecule has 0 saturated heterocycles. The molecule has 1 saturated carbocycles. The molecule has 0 unspecified atom stereocenters. The van der Waals surface area contributed by atoms with E-state index in [1.807, 2.05) is 0 Å². The van der Waals surface area contributed by atoms with Crippen LogP contribution in [0.2, 0.25) is 0 Å². The van der Waals surface area contributed by atoms with Crippen molar-refractivity contribution in [1.29, 1.82) is 0 Å². The van der Waals surface area contributed by atoms with Crippen LogP contribution in [-0.2, 0) is 4.79 Å². The number of amides is 1. The molecule has 0 atom stereocenters. The first-order chi connectivity index (χ1) is 9.65. The van der Waals surface area contributed by atoms with Crippen molar-refractivity contribution in [3.63, 3.8) is 0 Å². The maximum Gasteiger partial charge on any atom is 0.387 e. The second kappa shape index (κ2) is 7.07. The fourth-order valence-electron chi connectivity index (χ4n) is 2.34. The van der Waals surface area contributed by atoms with Crippen LogP contribution in [0.4, 0.5) is 14.5 Å². The largest absolute Gasteiger partial charge is 0.433 e. The van der Waals surface area contributed by atoms with Gasteiger partial charge >= 0.3 is 6.61 Å². The molecule has 2 rings (SSSR count). The minimum atomic E-state index is -2.88. The lowest BCUT2D eigenvalue weighted by molar-refractivity contribution is -0.120. The highest BCUT2D eigenvalue weighted by atomic mass is 19.3. The van der Waals surface area contributed by atoms with Crippen molar-refractivity contribution >= 4 is 11.6 Å². The summed E-state index contributed by atoms with van der Waals surface area (Å²) in [5.74, 6) is -0.0973. The summed E-state index contributed by atoms with van der Waals surface area (Å²) in [6, 6.07) is 6.57. The van der Waals surface area contributed by atoms with Crippen LogP contribution in [0.5, 0.6) is 5.75 Å². The van der Waals surface area contributed by atoms with Gasteiger partial charge in [0.1, 0.15) is 5.75 Å². The molecule has 4 nitrogen and oxygen atoms in total. The van der Waals surface area contributed by atoms with Gasteiger partial charge in [-0.3, -0.25) is 4.79 Å². The topological polar surface area (TPSA) is 50.4 Å². The number of alkyl halides is 2. The van der Waals surface area contributed by atoms with Gasteiger partial charge in [0.25, 0.3) is 0 Å². The lowest BCUT2D eigenvalue weighted by Gasteiger charge is -2.14. The van der Waals surface area contributed by atoms with Crippen molar-refractivity contribution in [2.75, 3.05) is 11.9 Å². The fourth-order valence-corrected chi connectivity index (χ4v) is 2.34. The van der Waals surface area contributed by atoms with Crippen LogP contribution in [-0.4, -0.2) is 25.1 Å². The average molecular weight is 284 g/mol. The van der Waals surface area contributed by atoms with Crippen LogP contribution in [0, 0.1) is 0 Å². The molecule has 110 valence electrons. The van der Waals surface area contributed by atoms with Gasteiger partial charge in [-0.1, -0.05) is 25.0 Å². The predicted molar refractivity (Wildman–Crippen MR) is 72.0 cm³/mol. The van der Waals surface area contributed by atoms with Crippen LogP contribution >= 0.6 is 0 Å². The predicted octanol–water partition coefficient (Wildman–Crippen LogP) is 2.76. The Bertz CT molecular complexity index is 449. The van der Waals surface area contributed by atoms with Gasteiger partial charge < -0.3 is 15.4 Å². The molecule has 0 aromatic heterocycles. The Balaban J connectivity index is 1.84. The molecule has 20 heavy (non-hydrogen) atoms. The smallest absolute Gasteiger partial charge is 0.387 e. The number of carbonyl (C=O) groups is 1. The summed E-state index contributed by atoms with van der Waals surface area (Å²) in [6.45, 7) is -2.84. The Morgan fingerprint density at radius 2 is 2.00 bits per heavy atom. The van der Waals surface area contributed by atoms with Gasteiger partial charge in [0.05, 0.1) is 12.2 Å². The van der Waals surface area contributed by atoms with E-state index in [0.717, 1.165) is 25.7 Å². The number of rotatable bonds is 6. The third-order valence-electron chi connectivity index (χ3n) is 3.26. The van der Waals surface area contributed by atoms with Crippen molar-refractivity contribution in [3.8, 4) is 5.75 Å². The van der Waals surface area contributed by atoms with E-state index in [2.05, 4.69) is 15.4 Å². The summed E-state index contributed by atoms with van der Waals surface area (Å²) in [5.41, 5.74) is 0.384. The van der Waals surface area contributed by atoms with Gasteiger partial charge in [-0.05, 0) is 25.0 Å². The molecule has 0 bridgehead atoms. The molecule has 0 radical (unpaired) electrons. The van der Waals surface area contributed by atoms with Crippen LogP contribution < -0.4 is 15.4 Å². The highest BCUT2D eigenvalue weighted by molar-refractivity contribution is 5.81. The Labute approximate surface area is 116 Å². The van der Waals surface area contributed by atoms with E-state index < -0.39 is 6.61 Å². The summed E-state index contributed by atoms with van der Waals surface area (Å²) in [6.07, 6.45) is 4.31. The normalized spacial score (nSPS) is 15.3. The second-order valence-electron chi connectivity index (χ2n) is 4.78. The first-order valence-electron chi connectivity index (χ1n) is 6.72. The molecule has 0 aliphatic heterocycles. The summed E-state index contributed by atoms with van der Waals surface area (Å²) < 4.78 is 28.9. The number of hydrogen-bond acceptors (Lipinski definition) is 3. The summed E-state index contributed by atoms with van der Waals surface area (Å²) in [7, 11) is 0. The van der Waals surface area contributed by atoms with E-state index in [1.165, 1.54) is 6.07 Å². The van der Waals surface area contributed by atoms with Crippen molar-refractivity contribution in [2.45, 2.75) is 38.3 Å². The number of anilines is 1. The molecule has 1 fully saturated rings. The molecule has 0 heterocycles. The summed E-state index contributed by atoms with van der Waals surface area (Å²) >= 11 is 0. The first-order valence-corrected chi connectivity index (χ1v) is 6.72. The maximum atomic E-state index is 12.2. The zero-order valence-corrected chi connectivity index (χ0v) is 11.1. The minimum Gasteiger partial charge on any atom is -0.433 e. The zero-order valence-electron chi connectivity index (χ0n) is 11.1. The monoisotopic (exact) mass is 284 g/mol. The number of nitrogens with one attached hydrogen (secondary N) is 2. The van der Waals surface area contributed by atoms with E-state index >= 15 is 0 Å². The van der Waals surface area contributed by atoms with Gasteiger partial charge in [-0.2, -0.15) is 8.78 Å². The standard InChI is InChI=1S/C14H18F2N2O2/c15-14(16)20-12-8-4-3-7-11(12)17-9-13(19)18-10-5-1-2-6-10/h3-4,7-8,10,14,17H,1-2,5-6,9H2,(H,18,19). The third-order valence-corrected chi connectivity index (χ3v) is 3.26. The van der Waals surface area contributed by atoms with Gasteiger partial charge in [-0.25, -0.2) is 0 Å². The molecule has 1 aromatic rings. The molecule has 1 aliphatic rings. The van der Waals surface area contributed by atoms with E-state index in [1.54, 1.807) is 18.2 Å². The molecule has 1 aliphatic carbocycles. The number of ether oxygens (including phenoxy) is 1. The highest BCUT2D eigenvalue weighted by Gasteiger charge is 2.17. The van der Waals surface area contributed by atoms with Gasteiger partial charge in [0, 0.05) is 6.04 Å². The lowest BCUT2D eigenvalue weighted by atomic mass is 10.2. The van der Waals surface area contributed by atoms with Crippen LogP contribution in [0.1, 0.15) is 25.7 Å². The Morgan fingerprint density at radius 1 is 1.30 bits per heavy atom. The number of hydrogen-bond donors (Lipinski definition) is 2. The molecule has 6 heteroatoms. The molecular formula is C14H18F2N2O2. The van der Waals surface area contributed by atoms with Gasteiger partial charge in [0.15, 0.2) is 0 Å². The summed E-state index contributed by atoms with van der Waals surface area (Å²) in [5, 5.41) is 5.74. The van der Waals surface area contributed by atoms with E-state index in [-0.39, 0.29) is 24.2 Å². The number of halogens is 2. The molecule has 1 aromatic carbocycles. The fraction of sp³-hybridized carbons (Fsp3) is 0.500. The Hall–Kier alpha value is -1.85. The second-order valence-corrected chi connectivity index (χ2v) is 4.78. The Kier molecular flexibility index (Phi) is 5.15. The van der Waals surface area contributed by atoms with Crippen LogP contribution in [0.25, 0.3) is 0 Å². The zero-order chi connectivity index (χ0) is 14.4. The maximum absolute atomic E-state index is 12.2. The SMILES string of the molecule is O=C(CNc1ccccc1OC(F)F)NC1CCCC1. The van der Waals surface area contributed by atoms with Gasteiger partial charge in [-0.15, -0.1) is 0 Å². The third kappa shape index (κ3) is 4.36. The lowest BCUT2D eigenvalue weighted by Crippen LogP contribution is -2.36. The van der Waals surface area contributed by atoms with Crippen molar-refractivity contribution in [3.05, 3.63) is 24.3 Å². The van der Waals surface area contributed by atoms with Gasteiger partial charge in [0.2, 0.25) is 5.91 Å². The van der Waals surface area contributed by atoms with Crippen molar-refractivity contribution < 1.29 is 18.3 Å². The van der Waals surface area contributed by atoms with Crippen molar-refractivity contribution in [1.82, 2.24) is 5.32 Å². The van der Waals surface area contributed by atoms with E-state index in [4.69, 9.17) is 0 Å². The number of carbonyl (C=O) groups excluding carboxylic acids is 1. The van der Waals surface area contributed by atoms with Crippen molar-refractivity contribution in [2.24, 2.45) is 0 Å². The minimum absolute atomic E-state index is 0.0381. The van der Waals surface area contributed by atoms with E-state index in [0.29, 0.717) is 5.69 Å². The average Bonchev–Trinajstić information content (AvgIpc) is 2.90. The van der Waals surface area contributed by atoms with Crippen LogP contribution in [0.15, 0.2) is 24.3 Å². The first kappa shape index (κ1) is 14.6. The molecule has 0 spiro atoms. The molecule has 1 amide bonds. The number of para-hydroxylation sites is 2. The number of benzene rings is 1. The Morgan fingerprint density at radius 3 is 2.70 bits per heavy atom. The van der Waals surface area contributed by atoms with E-state index in [9.17, 15) is 13.6 Å². The summed E-state index contributed by atoms with van der Waals surface area (Å²) in [4.78, 5) is 11.7. The molecule has 2 N–H and O–H groups in total. The van der Waals surface area contributed by atoms with Crippen LogP contribution in [0.3, 0.4) is 0 Å². The quantitative estimate of drug-likeness (QED) is 0.844. The highest BCUT2D eigenvalue weighted by Crippen LogP contribution is 2.25.